The van der Waals surface area contributed by atoms with Crippen LogP contribution in [0.1, 0.15) is 22.3 Å². The first kappa shape index (κ1) is 14.9. The van der Waals surface area contributed by atoms with E-state index in [0.717, 1.165) is 0 Å². The Bertz CT molecular complexity index is 493. The first-order chi connectivity index (χ1) is 9.45. The van der Waals surface area contributed by atoms with Gasteiger partial charge in [-0.25, -0.2) is 4.98 Å². The minimum absolute atomic E-state index is 0.227. The van der Waals surface area contributed by atoms with E-state index in [1.807, 2.05) is 0 Å². The predicted molar refractivity (Wildman–Crippen MR) is 69.0 cm³/mol. The van der Waals surface area contributed by atoms with Crippen molar-refractivity contribution in [1.29, 1.82) is 0 Å². The minimum atomic E-state index is -1.19. The molecule has 110 valence electrons. The summed E-state index contributed by atoms with van der Waals surface area (Å²) in [7, 11) is 3.23. The molecule has 1 saturated heterocycles. The standard InChI is InChI=1S/C13H18N2O5/c1-15(2)13(19)8-5-3-4-7(14-8)12-11(18)10(17)9(6-16)20-12/h3-5,9-12,16-18H,6H2,1-2H3/t9-,10-,11-,12+/m1/s1. The second kappa shape index (κ2) is 5.84. The van der Waals surface area contributed by atoms with Gasteiger partial charge in [0.1, 0.15) is 30.1 Å². The van der Waals surface area contributed by atoms with Gasteiger partial charge in [0.25, 0.3) is 5.91 Å². The average molecular weight is 282 g/mol. The molecule has 1 aliphatic rings. The molecule has 0 aliphatic carbocycles. The van der Waals surface area contributed by atoms with Gasteiger partial charge in [0.15, 0.2) is 0 Å². The fraction of sp³-hybridized carbons (Fsp3) is 0.538. The Morgan fingerprint density at radius 1 is 1.35 bits per heavy atom. The molecule has 1 aliphatic heterocycles. The van der Waals surface area contributed by atoms with Gasteiger partial charge in [-0.1, -0.05) is 6.07 Å². The molecule has 1 fully saturated rings. The molecular formula is C13H18N2O5. The number of ether oxygens (including phenoxy) is 1. The first-order valence-corrected chi connectivity index (χ1v) is 6.26. The Morgan fingerprint density at radius 3 is 2.60 bits per heavy atom. The summed E-state index contributed by atoms with van der Waals surface area (Å²) < 4.78 is 5.38. The molecule has 0 unspecified atom stereocenters. The maximum Gasteiger partial charge on any atom is 0.271 e. The van der Waals surface area contributed by atoms with Crippen LogP contribution in [-0.4, -0.2) is 70.1 Å². The van der Waals surface area contributed by atoms with Crippen molar-refractivity contribution in [2.75, 3.05) is 20.7 Å². The lowest BCUT2D eigenvalue weighted by atomic mass is 10.1. The number of carbonyl (C=O) groups is 1. The van der Waals surface area contributed by atoms with Crippen LogP contribution in [-0.2, 0) is 4.74 Å². The summed E-state index contributed by atoms with van der Waals surface area (Å²) in [4.78, 5) is 17.4. The maximum absolute atomic E-state index is 11.8. The summed E-state index contributed by atoms with van der Waals surface area (Å²) >= 11 is 0. The van der Waals surface area contributed by atoms with E-state index < -0.39 is 31.0 Å². The maximum atomic E-state index is 11.8. The molecule has 0 spiro atoms. The first-order valence-electron chi connectivity index (χ1n) is 6.26. The van der Waals surface area contributed by atoms with Crippen LogP contribution in [0.3, 0.4) is 0 Å². The highest BCUT2D eigenvalue weighted by molar-refractivity contribution is 5.91. The van der Waals surface area contributed by atoms with Crippen molar-refractivity contribution in [3.8, 4) is 0 Å². The quantitative estimate of drug-likeness (QED) is 0.653. The zero-order valence-corrected chi connectivity index (χ0v) is 11.3. The van der Waals surface area contributed by atoms with Crippen molar-refractivity contribution >= 4 is 5.91 Å². The monoisotopic (exact) mass is 282 g/mol. The number of pyridine rings is 1. The molecule has 4 atom stereocenters. The van der Waals surface area contributed by atoms with E-state index in [1.165, 1.54) is 4.90 Å². The average Bonchev–Trinajstić information content (AvgIpc) is 2.74. The molecule has 7 heteroatoms. The van der Waals surface area contributed by atoms with Gasteiger partial charge in [-0.15, -0.1) is 0 Å². The van der Waals surface area contributed by atoms with Gasteiger partial charge in [-0.2, -0.15) is 0 Å². The van der Waals surface area contributed by atoms with Crippen molar-refractivity contribution in [2.45, 2.75) is 24.4 Å². The van der Waals surface area contributed by atoms with Gasteiger partial charge in [0.2, 0.25) is 0 Å². The minimum Gasteiger partial charge on any atom is -0.394 e. The number of aliphatic hydroxyl groups is 3. The van der Waals surface area contributed by atoms with E-state index in [0.29, 0.717) is 5.69 Å². The highest BCUT2D eigenvalue weighted by Gasteiger charge is 2.43. The third-order valence-electron chi connectivity index (χ3n) is 3.23. The van der Waals surface area contributed by atoms with Crippen LogP contribution < -0.4 is 0 Å². The SMILES string of the molecule is CN(C)C(=O)c1cccc([C@@H]2O[C@H](CO)[C@@H](O)[C@H]2O)n1. The van der Waals surface area contributed by atoms with Gasteiger partial charge >= 0.3 is 0 Å². The number of rotatable bonds is 3. The lowest BCUT2D eigenvalue weighted by Crippen LogP contribution is -2.32. The molecule has 1 aromatic rings. The molecule has 20 heavy (non-hydrogen) atoms. The van der Waals surface area contributed by atoms with E-state index in [1.54, 1.807) is 32.3 Å². The van der Waals surface area contributed by atoms with Crippen LogP contribution in [0.15, 0.2) is 18.2 Å². The summed E-state index contributed by atoms with van der Waals surface area (Å²) in [6.45, 7) is -0.398. The molecule has 7 nitrogen and oxygen atoms in total. The van der Waals surface area contributed by atoms with Crippen molar-refractivity contribution in [3.63, 3.8) is 0 Å². The van der Waals surface area contributed by atoms with Gasteiger partial charge in [-0.05, 0) is 12.1 Å². The molecular weight excluding hydrogens is 264 g/mol. The number of hydrogen-bond acceptors (Lipinski definition) is 6. The predicted octanol–water partition coefficient (Wildman–Crippen LogP) is -1.06. The van der Waals surface area contributed by atoms with Crippen LogP contribution in [0.4, 0.5) is 0 Å². The van der Waals surface area contributed by atoms with Crippen molar-refractivity contribution in [1.82, 2.24) is 9.88 Å². The number of amides is 1. The van der Waals surface area contributed by atoms with Crippen LogP contribution in [0.2, 0.25) is 0 Å². The Labute approximate surface area is 116 Å². The van der Waals surface area contributed by atoms with Crippen molar-refractivity contribution in [3.05, 3.63) is 29.6 Å². The van der Waals surface area contributed by atoms with Crippen LogP contribution in [0.5, 0.6) is 0 Å². The Hall–Kier alpha value is -1.54. The summed E-state index contributed by atoms with van der Waals surface area (Å²) in [6.07, 6.45) is -4.09. The zero-order valence-electron chi connectivity index (χ0n) is 11.3. The normalized spacial score (nSPS) is 29.4. The van der Waals surface area contributed by atoms with E-state index in [-0.39, 0.29) is 11.6 Å². The highest BCUT2D eigenvalue weighted by atomic mass is 16.6. The molecule has 0 radical (unpaired) electrons. The molecule has 0 bridgehead atoms. The molecule has 3 N–H and O–H groups in total. The summed E-state index contributed by atoms with van der Waals surface area (Å²) in [5.41, 5.74) is 0.574. The smallest absolute Gasteiger partial charge is 0.271 e. The van der Waals surface area contributed by atoms with Gasteiger partial charge < -0.3 is 25.0 Å². The van der Waals surface area contributed by atoms with E-state index >= 15 is 0 Å². The van der Waals surface area contributed by atoms with Crippen LogP contribution >= 0.6 is 0 Å². The Balaban J connectivity index is 2.26. The topological polar surface area (TPSA) is 103 Å². The molecule has 1 amide bonds. The number of carbonyl (C=O) groups excluding carboxylic acids is 1. The lowest BCUT2D eigenvalue weighted by molar-refractivity contribution is -0.0239. The highest BCUT2D eigenvalue weighted by Crippen LogP contribution is 2.32. The fourth-order valence-electron chi connectivity index (χ4n) is 2.10. The van der Waals surface area contributed by atoms with Gasteiger partial charge in [0, 0.05) is 14.1 Å². The van der Waals surface area contributed by atoms with Crippen molar-refractivity contribution in [2.24, 2.45) is 0 Å². The summed E-state index contributed by atoms with van der Waals surface area (Å²) in [5.74, 6) is -0.265. The molecule has 2 rings (SSSR count). The van der Waals surface area contributed by atoms with Crippen LogP contribution in [0, 0.1) is 0 Å². The lowest BCUT2D eigenvalue weighted by Gasteiger charge is -2.16. The van der Waals surface area contributed by atoms with E-state index in [4.69, 9.17) is 9.84 Å². The Kier molecular flexibility index (Phi) is 4.34. The molecule has 2 heterocycles. The van der Waals surface area contributed by atoms with Gasteiger partial charge in [-0.3, -0.25) is 4.79 Å². The zero-order chi connectivity index (χ0) is 14.9. The number of aromatic nitrogens is 1. The number of aliphatic hydroxyl groups excluding tert-OH is 3. The second-order valence-electron chi connectivity index (χ2n) is 4.91. The molecule has 0 aromatic carbocycles. The van der Waals surface area contributed by atoms with E-state index in [9.17, 15) is 15.0 Å². The van der Waals surface area contributed by atoms with Crippen molar-refractivity contribution < 1.29 is 24.9 Å². The third kappa shape index (κ3) is 2.66. The second-order valence-corrected chi connectivity index (χ2v) is 4.91. The molecule has 0 saturated carbocycles. The van der Waals surface area contributed by atoms with Crippen LogP contribution in [0.25, 0.3) is 0 Å². The Morgan fingerprint density at radius 2 is 2.05 bits per heavy atom. The number of nitrogens with zero attached hydrogens (tertiary/aromatic N) is 2. The number of hydrogen-bond donors (Lipinski definition) is 3. The van der Waals surface area contributed by atoms with E-state index in [2.05, 4.69) is 4.98 Å². The molecule has 1 aromatic heterocycles. The fourth-order valence-corrected chi connectivity index (χ4v) is 2.10. The summed E-state index contributed by atoms with van der Waals surface area (Å²) in [6, 6.07) is 4.80. The van der Waals surface area contributed by atoms with Gasteiger partial charge in [0.05, 0.1) is 12.3 Å². The largest absolute Gasteiger partial charge is 0.394 e. The summed E-state index contributed by atoms with van der Waals surface area (Å²) in [5, 5.41) is 28.7. The third-order valence-corrected chi connectivity index (χ3v) is 3.23.